The fraction of sp³-hybridized carbons (Fsp3) is 0.467. The van der Waals surface area contributed by atoms with E-state index in [-0.39, 0.29) is 0 Å². The lowest BCUT2D eigenvalue weighted by atomic mass is 10.1. The average molecular weight is 272 g/mol. The van der Waals surface area contributed by atoms with E-state index in [4.69, 9.17) is 4.74 Å². The zero-order valence-corrected chi connectivity index (χ0v) is 12.0. The van der Waals surface area contributed by atoms with Crippen molar-refractivity contribution in [3.63, 3.8) is 0 Å². The zero-order chi connectivity index (χ0) is 13.9. The third-order valence-electron chi connectivity index (χ3n) is 3.82. The number of fused-ring (bicyclic) bond motifs is 1. The Labute approximate surface area is 119 Å². The summed E-state index contributed by atoms with van der Waals surface area (Å²) in [4.78, 5) is 6.84. The lowest BCUT2D eigenvalue weighted by Gasteiger charge is -2.19. The molecule has 0 aliphatic carbocycles. The topological polar surface area (TPSA) is 43.2 Å². The van der Waals surface area contributed by atoms with E-state index in [9.17, 15) is 0 Å². The molecule has 2 aromatic heterocycles. The van der Waals surface area contributed by atoms with Gasteiger partial charge >= 0.3 is 0 Å². The molecule has 0 fully saturated rings. The molecule has 1 aliphatic heterocycles. The minimum absolute atomic E-state index is 0.780. The van der Waals surface area contributed by atoms with Gasteiger partial charge in [0.05, 0.1) is 18.5 Å². The Morgan fingerprint density at radius 3 is 3.00 bits per heavy atom. The molecule has 0 spiro atoms. The van der Waals surface area contributed by atoms with Crippen LogP contribution in [0.1, 0.15) is 23.4 Å². The highest BCUT2D eigenvalue weighted by atomic mass is 16.5. The van der Waals surface area contributed by atoms with Crippen molar-refractivity contribution in [2.75, 3.05) is 13.7 Å². The lowest BCUT2D eigenvalue weighted by Crippen LogP contribution is -2.24. The van der Waals surface area contributed by atoms with Crippen LogP contribution in [0.4, 0.5) is 0 Å². The Hall–Kier alpha value is -1.88. The normalized spacial score (nSPS) is 15.7. The van der Waals surface area contributed by atoms with E-state index in [1.807, 2.05) is 30.1 Å². The van der Waals surface area contributed by atoms with Crippen LogP contribution in [-0.2, 0) is 26.6 Å². The summed E-state index contributed by atoms with van der Waals surface area (Å²) in [5, 5.41) is 4.45. The Bertz CT molecular complexity index is 579. The zero-order valence-electron chi connectivity index (χ0n) is 12.0. The van der Waals surface area contributed by atoms with Gasteiger partial charge in [0, 0.05) is 31.9 Å². The molecule has 0 saturated heterocycles. The van der Waals surface area contributed by atoms with Crippen molar-refractivity contribution in [3.05, 3.63) is 41.3 Å². The summed E-state index contributed by atoms with van der Waals surface area (Å²) >= 11 is 0. The van der Waals surface area contributed by atoms with Crippen LogP contribution in [0.5, 0.6) is 5.88 Å². The average Bonchev–Trinajstić information content (AvgIpc) is 2.64. The van der Waals surface area contributed by atoms with Crippen LogP contribution < -0.4 is 4.74 Å². The highest BCUT2D eigenvalue weighted by Crippen LogP contribution is 2.26. The Kier molecular flexibility index (Phi) is 3.69. The highest BCUT2D eigenvalue weighted by Gasteiger charge is 2.22. The summed E-state index contributed by atoms with van der Waals surface area (Å²) in [7, 11) is 3.69. The molecule has 0 bridgehead atoms. The first-order valence-corrected chi connectivity index (χ1v) is 6.99. The minimum atomic E-state index is 0.780. The number of methoxy groups -OCH3 is 1. The third-order valence-corrected chi connectivity index (χ3v) is 3.82. The van der Waals surface area contributed by atoms with Gasteiger partial charge in [0.2, 0.25) is 5.88 Å². The summed E-state index contributed by atoms with van der Waals surface area (Å²) < 4.78 is 7.33. The van der Waals surface area contributed by atoms with Crippen LogP contribution >= 0.6 is 0 Å². The predicted octanol–water partition coefficient (Wildman–Crippen LogP) is 1.77. The van der Waals surface area contributed by atoms with Crippen molar-refractivity contribution in [1.29, 1.82) is 0 Å². The molecule has 1 aliphatic rings. The molecule has 3 rings (SSSR count). The van der Waals surface area contributed by atoms with E-state index in [2.05, 4.69) is 21.0 Å². The number of aryl methyl sites for hydroxylation is 1. The molecule has 0 saturated carbocycles. The third kappa shape index (κ3) is 2.54. The van der Waals surface area contributed by atoms with Crippen LogP contribution in [-0.4, -0.2) is 33.3 Å². The van der Waals surface area contributed by atoms with Gasteiger partial charge < -0.3 is 4.74 Å². The Balaban J connectivity index is 1.81. The number of hydrogen-bond acceptors (Lipinski definition) is 4. The van der Waals surface area contributed by atoms with Crippen LogP contribution in [0.2, 0.25) is 0 Å². The second kappa shape index (κ2) is 5.63. The van der Waals surface area contributed by atoms with Crippen LogP contribution in [0, 0.1) is 0 Å². The first-order chi connectivity index (χ1) is 9.78. The molecule has 0 N–H and O–H groups in total. The van der Waals surface area contributed by atoms with Crippen LogP contribution in [0.3, 0.4) is 0 Å². The fourth-order valence-electron chi connectivity index (χ4n) is 2.81. The first kappa shape index (κ1) is 13.1. The quantitative estimate of drug-likeness (QED) is 0.854. The minimum Gasteiger partial charge on any atom is -0.480 e. The Morgan fingerprint density at radius 1 is 1.35 bits per heavy atom. The van der Waals surface area contributed by atoms with Crippen molar-refractivity contribution in [2.24, 2.45) is 7.05 Å². The molecule has 5 heteroatoms. The lowest BCUT2D eigenvalue weighted by molar-refractivity contribution is 0.251. The smallest absolute Gasteiger partial charge is 0.236 e. The number of rotatable bonds is 3. The second-order valence-electron chi connectivity index (χ2n) is 5.19. The van der Waals surface area contributed by atoms with Gasteiger partial charge in [0.1, 0.15) is 0 Å². The molecule has 2 aromatic rings. The molecule has 0 amide bonds. The maximum absolute atomic E-state index is 5.38. The number of aromatic nitrogens is 3. The van der Waals surface area contributed by atoms with Crippen molar-refractivity contribution in [1.82, 2.24) is 19.7 Å². The van der Waals surface area contributed by atoms with E-state index < -0.39 is 0 Å². The maximum Gasteiger partial charge on any atom is 0.236 e. The first-order valence-electron chi connectivity index (χ1n) is 6.99. The van der Waals surface area contributed by atoms with Crippen molar-refractivity contribution in [2.45, 2.75) is 25.9 Å². The number of nitrogens with zero attached hydrogens (tertiary/aromatic N) is 4. The van der Waals surface area contributed by atoms with Gasteiger partial charge in [-0.1, -0.05) is 6.07 Å². The molecule has 20 heavy (non-hydrogen) atoms. The largest absolute Gasteiger partial charge is 0.480 e. The molecule has 5 nitrogen and oxygen atoms in total. The van der Waals surface area contributed by atoms with E-state index in [1.165, 1.54) is 11.3 Å². The summed E-state index contributed by atoms with van der Waals surface area (Å²) in [5.74, 6) is 0.780. The van der Waals surface area contributed by atoms with E-state index in [1.54, 1.807) is 7.11 Å². The molecule has 106 valence electrons. The molecule has 0 atom stereocenters. The summed E-state index contributed by atoms with van der Waals surface area (Å²) in [6, 6.07) is 6.07. The van der Waals surface area contributed by atoms with Crippen LogP contribution in [0.25, 0.3) is 0 Å². The monoisotopic (exact) mass is 272 g/mol. The molecular weight excluding hydrogens is 252 g/mol. The second-order valence-corrected chi connectivity index (χ2v) is 5.19. The molecular formula is C15H20N4O. The SMILES string of the molecule is COc1nn(C)c2c1CCCN(Cc1ccccn1)C2. The Morgan fingerprint density at radius 2 is 2.25 bits per heavy atom. The highest BCUT2D eigenvalue weighted by molar-refractivity contribution is 5.32. The van der Waals surface area contributed by atoms with Crippen molar-refractivity contribution >= 4 is 0 Å². The molecule has 0 radical (unpaired) electrons. The van der Waals surface area contributed by atoms with Gasteiger partial charge in [0.25, 0.3) is 0 Å². The molecule has 3 heterocycles. The van der Waals surface area contributed by atoms with Gasteiger partial charge in [-0.2, -0.15) is 0 Å². The standard InChI is InChI=1S/C15H20N4O/c1-18-14-11-19(10-12-6-3-4-8-16-12)9-5-7-13(14)15(17-18)20-2/h3-4,6,8H,5,7,9-11H2,1-2H3. The van der Waals surface area contributed by atoms with E-state index >= 15 is 0 Å². The summed E-state index contributed by atoms with van der Waals surface area (Å²) in [6.45, 7) is 2.86. The van der Waals surface area contributed by atoms with E-state index in [0.29, 0.717) is 0 Å². The number of hydrogen-bond donors (Lipinski definition) is 0. The predicted molar refractivity (Wildman–Crippen MR) is 76.4 cm³/mol. The van der Waals surface area contributed by atoms with Crippen molar-refractivity contribution in [3.8, 4) is 5.88 Å². The number of ether oxygens (including phenoxy) is 1. The van der Waals surface area contributed by atoms with Gasteiger partial charge in [-0.05, 0) is 31.5 Å². The van der Waals surface area contributed by atoms with Gasteiger partial charge in [0.15, 0.2) is 0 Å². The van der Waals surface area contributed by atoms with Crippen LogP contribution in [0.15, 0.2) is 24.4 Å². The summed E-state index contributed by atoms with van der Waals surface area (Å²) in [5.41, 5.74) is 3.64. The van der Waals surface area contributed by atoms with Gasteiger partial charge in [-0.15, -0.1) is 5.10 Å². The summed E-state index contributed by atoms with van der Waals surface area (Å²) in [6.07, 6.45) is 4.01. The molecule has 0 unspecified atom stereocenters. The fourth-order valence-corrected chi connectivity index (χ4v) is 2.81. The van der Waals surface area contributed by atoms with Gasteiger partial charge in [-0.25, -0.2) is 0 Å². The number of pyridine rings is 1. The molecule has 0 aromatic carbocycles. The van der Waals surface area contributed by atoms with Gasteiger partial charge in [-0.3, -0.25) is 14.6 Å². The van der Waals surface area contributed by atoms with E-state index in [0.717, 1.165) is 44.0 Å². The van der Waals surface area contributed by atoms with Crippen molar-refractivity contribution < 1.29 is 4.74 Å². The maximum atomic E-state index is 5.38.